The lowest BCUT2D eigenvalue weighted by atomic mass is 10.1. The van der Waals surface area contributed by atoms with E-state index in [2.05, 4.69) is 12.2 Å². The highest BCUT2D eigenvalue weighted by Crippen LogP contribution is 2.36. The van der Waals surface area contributed by atoms with Crippen LogP contribution in [0.25, 0.3) is 15.9 Å². The number of thioether (sulfide) groups is 1. The summed E-state index contributed by atoms with van der Waals surface area (Å²) < 4.78 is 6.98. The van der Waals surface area contributed by atoms with Gasteiger partial charge in [0.15, 0.2) is 5.16 Å². The number of aryl methyl sites for hydroxylation is 4. The molecule has 4 aromatic rings. The van der Waals surface area contributed by atoms with Crippen LogP contribution in [0, 0.1) is 13.8 Å². The van der Waals surface area contributed by atoms with Gasteiger partial charge in [-0.25, -0.2) is 4.98 Å². The Bertz CT molecular complexity index is 1400. The van der Waals surface area contributed by atoms with E-state index in [0.29, 0.717) is 17.5 Å². The minimum Gasteiger partial charge on any atom is -0.467 e. The van der Waals surface area contributed by atoms with Gasteiger partial charge in [0.2, 0.25) is 5.91 Å². The van der Waals surface area contributed by atoms with Crippen LogP contribution in [0.15, 0.2) is 51.0 Å². The van der Waals surface area contributed by atoms with Crippen molar-refractivity contribution in [2.24, 2.45) is 0 Å². The van der Waals surface area contributed by atoms with Crippen LogP contribution < -0.4 is 10.9 Å². The van der Waals surface area contributed by atoms with Crippen molar-refractivity contribution in [2.45, 2.75) is 57.0 Å². The first kappa shape index (κ1) is 22.0. The second-order valence-corrected chi connectivity index (χ2v) is 10.8. The maximum Gasteiger partial charge on any atom is 0.267 e. The fraction of sp³-hybridized carbons (Fsp3) is 0.320. The van der Waals surface area contributed by atoms with Crippen LogP contribution in [0.1, 0.15) is 40.7 Å². The van der Waals surface area contributed by atoms with E-state index < -0.39 is 5.25 Å². The van der Waals surface area contributed by atoms with E-state index >= 15 is 0 Å². The van der Waals surface area contributed by atoms with E-state index in [-0.39, 0.29) is 11.5 Å². The topological polar surface area (TPSA) is 77.1 Å². The summed E-state index contributed by atoms with van der Waals surface area (Å²) in [6.45, 7) is 6.24. The third-order valence-electron chi connectivity index (χ3n) is 6.13. The van der Waals surface area contributed by atoms with Gasteiger partial charge in [-0.1, -0.05) is 17.8 Å². The van der Waals surface area contributed by atoms with Gasteiger partial charge in [0.05, 0.1) is 29.1 Å². The SMILES string of the molecule is Cc1ccc(-n2c(S[C@H](C)C(=O)NCc3ccco3)nc3sc4c(c3c2=O)CCC4)cc1C. The fourth-order valence-corrected chi connectivity index (χ4v) is 6.39. The van der Waals surface area contributed by atoms with Gasteiger partial charge in [-0.15, -0.1) is 11.3 Å². The summed E-state index contributed by atoms with van der Waals surface area (Å²) in [6.07, 6.45) is 4.60. The molecule has 1 atom stereocenters. The average molecular weight is 480 g/mol. The Balaban J connectivity index is 1.54. The van der Waals surface area contributed by atoms with Crippen LogP contribution in [0.4, 0.5) is 0 Å². The number of furan rings is 1. The number of rotatable bonds is 6. The summed E-state index contributed by atoms with van der Waals surface area (Å²) >= 11 is 2.92. The largest absolute Gasteiger partial charge is 0.467 e. The number of hydrogen-bond donors (Lipinski definition) is 1. The summed E-state index contributed by atoms with van der Waals surface area (Å²) in [6, 6.07) is 9.60. The van der Waals surface area contributed by atoms with Crippen molar-refractivity contribution in [3.8, 4) is 5.69 Å². The normalized spacial score (nSPS) is 13.9. The number of aromatic nitrogens is 2. The molecular weight excluding hydrogens is 454 g/mol. The van der Waals surface area contributed by atoms with Crippen LogP contribution in [0.3, 0.4) is 0 Å². The lowest BCUT2D eigenvalue weighted by Crippen LogP contribution is -2.31. The molecule has 1 amide bonds. The highest BCUT2D eigenvalue weighted by Gasteiger charge is 2.26. The lowest BCUT2D eigenvalue weighted by Gasteiger charge is -2.16. The fourth-order valence-electron chi connectivity index (χ4n) is 4.14. The molecule has 1 aromatic carbocycles. The molecule has 0 fully saturated rings. The molecule has 1 aliphatic rings. The molecule has 0 unspecified atom stereocenters. The molecule has 170 valence electrons. The second-order valence-electron chi connectivity index (χ2n) is 8.40. The molecule has 6 nitrogen and oxygen atoms in total. The number of carbonyl (C=O) groups is 1. The van der Waals surface area contributed by atoms with Crippen LogP contribution >= 0.6 is 23.1 Å². The molecule has 8 heteroatoms. The van der Waals surface area contributed by atoms with Crippen molar-refractivity contribution in [1.82, 2.24) is 14.9 Å². The van der Waals surface area contributed by atoms with E-state index in [1.807, 2.05) is 38.1 Å². The quantitative estimate of drug-likeness (QED) is 0.313. The van der Waals surface area contributed by atoms with Crippen LogP contribution in [0.5, 0.6) is 0 Å². The number of amides is 1. The van der Waals surface area contributed by atoms with Crippen LogP contribution in [0.2, 0.25) is 0 Å². The number of carbonyl (C=O) groups excluding carboxylic acids is 1. The van der Waals surface area contributed by atoms with Crippen molar-refractivity contribution in [3.05, 3.63) is 74.3 Å². The summed E-state index contributed by atoms with van der Waals surface area (Å²) in [7, 11) is 0. The van der Waals surface area contributed by atoms with Crippen molar-refractivity contribution in [1.29, 1.82) is 0 Å². The van der Waals surface area contributed by atoms with E-state index in [0.717, 1.165) is 51.9 Å². The highest BCUT2D eigenvalue weighted by molar-refractivity contribution is 8.00. The first-order chi connectivity index (χ1) is 15.9. The molecule has 0 saturated heterocycles. The molecule has 0 radical (unpaired) electrons. The summed E-state index contributed by atoms with van der Waals surface area (Å²) in [4.78, 5) is 33.5. The smallest absolute Gasteiger partial charge is 0.267 e. The number of nitrogens with one attached hydrogen (secondary N) is 1. The predicted molar refractivity (Wildman–Crippen MR) is 133 cm³/mol. The average Bonchev–Trinajstić information content (AvgIpc) is 3.52. The van der Waals surface area contributed by atoms with E-state index in [9.17, 15) is 9.59 Å². The standard InChI is InChI=1S/C25H25N3O3S2/c1-14-9-10-17(12-15(14)2)28-24(30)21-19-7-4-8-20(19)33-23(21)27-25(28)32-16(3)22(29)26-13-18-6-5-11-31-18/h5-6,9-12,16H,4,7-8,13H2,1-3H3,(H,26,29)/t16-/m1/s1. The number of benzene rings is 1. The summed E-state index contributed by atoms with van der Waals surface area (Å²) in [5.41, 5.74) is 4.16. The maximum atomic E-state index is 13.8. The van der Waals surface area contributed by atoms with Crippen molar-refractivity contribution >= 4 is 39.2 Å². The molecule has 0 aliphatic heterocycles. The van der Waals surface area contributed by atoms with Crippen LogP contribution in [-0.2, 0) is 24.2 Å². The Hall–Kier alpha value is -2.84. The Labute approximate surface area is 200 Å². The maximum absolute atomic E-state index is 13.8. The molecule has 33 heavy (non-hydrogen) atoms. The van der Waals surface area contributed by atoms with E-state index in [4.69, 9.17) is 9.40 Å². The Kier molecular flexibility index (Phi) is 5.88. The van der Waals surface area contributed by atoms with Gasteiger partial charge < -0.3 is 9.73 Å². The molecule has 3 heterocycles. The second kappa shape index (κ2) is 8.83. The summed E-state index contributed by atoms with van der Waals surface area (Å²) in [5, 5.41) is 3.74. The lowest BCUT2D eigenvalue weighted by molar-refractivity contribution is -0.120. The number of thiophene rings is 1. The molecule has 1 N–H and O–H groups in total. The zero-order chi connectivity index (χ0) is 23.1. The molecular formula is C25H25N3O3S2. The Morgan fingerprint density at radius 2 is 2.12 bits per heavy atom. The zero-order valence-electron chi connectivity index (χ0n) is 18.8. The van der Waals surface area contributed by atoms with Gasteiger partial charge in [0.25, 0.3) is 5.56 Å². The van der Waals surface area contributed by atoms with Crippen molar-refractivity contribution in [2.75, 3.05) is 0 Å². The molecule has 0 bridgehead atoms. The van der Waals surface area contributed by atoms with Crippen molar-refractivity contribution < 1.29 is 9.21 Å². The number of fused-ring (bicyclic) bond motifs is 3. The molecule has 0 saturated carbocycles. The van der Waals surface area contributed by atoms with E-state index in [1.54, 1.807) is 28.2 Å². The molecule has 1 aliphatic carbocycles. The molecule has 3 aromatic heterocycles. The third kappa shape index (κ3) is 4.13. The van der Waals surface area contributed by atoms with Gasteiger partial charge in [0, 0.05) is 4.88 Å². The first-order valence-corrected chi connectivity index (χ1v) is 12.7. The van der Waals surface area contributed by atoms with Gasteiger partial charge >= 0.3 is 0 Å². The van der Waals surface area contributed by atoms with Crippen molar-refractivity contribution in [3.63, 3.8) is 0 Å². The van der Waals surface area contributed by atoms with Gasteiger partial charge in [-0.2, -0.15) is 0 Å². The Morgan fingerprint density at radius 1 is 1.27 bits per heavy atom. The molecule has 5 rings (SSSR count). The molecule has 0 spiro atoms. The zero-order valence-corrected chi connectivity index (χ0v) is 20.4. The highest BCUT2D eigenvalue weighted by atomic mass is 32.2. The minimum atomic E-state index is -0.436. The van der Waals surface area contributed by atoms with Crippen LogP contribution in [-0.4, -0.2) is 20.7 Å². The third-order valence-corrected chi connectivity index (χ3v) is 8.36. The Morgan fingerprint density at radius 3 is 2.88 bits per heavy atom. The van der Waals surface area contributed by atoms with E-state index in [1.165, 1.54) is 16.6 Å². The first-order valence-electron chi connectivity index (χ1n) is 11.0. The van der Waals surface area contributed by atoms with Gasteiger partial charge in [-0.05, 0) is 81.0 Å². The predicted octanol–water partition coefficient (Wildman–Crippen LogP) is 4.94. The van der Waals surface area contributed by atoms with Gasteiger partial charge in [-0.3, -0.25) is 14.2 Å². The minimum absolute atomic E-state index is 0.0478. The number of nitrogens with zero attached hydrogens (tertiary/aromatic N) is 2. The van der Waals surface area contributed by atoms with Gasteiger partial charge in [0.1, 0.15) is 10.6 Å². The summed E-state index contributed by atoms with van der Waals surface area (Å²) in [5.74, 6) is 0.561. The monoisotopic (exact) mass is 479 g/mol. The number of hydrogen-bond acceptors (Lipinski definition) is 6.